The number of anilines is 1. The number of methoxy groups -OCH3 is 1. The second-order valence-corrected chi connectivity index (χ2v) is 6.54. The Hall–Kier alpha value is -2.75. The van der Waals surface area contributed by atoms with Crippen LogP contribution in [0.3, 0.4) is 0 Å². The molecule has 0 saturated carbocycles. The maximum Gasteiger partial charge on any atom is 0.335 e. The number of ether oxygens (including phenoxy) is 1. The molecule has 0 spiro atoms. The van der Waals surface area contributed by atoms with Crippen molar-refractivity contribution in [1.82, 2.24) is 5.32 Å². The Balaban J connectivity index is 1.91. The Morgan fingerprint density at radius 2 is 1.92 bits per heavy atom. The van der Waals surface area contributed by atoms with Crippen LogP contribution in [0.15, 0.2) is 53.5 Å². The molecule has 132 valence electrons. The van der Waals surface area contributed by atoms with Gasteiger partial charge >= 0.3 is 6.03 Å². The minimum Gasteiger partial charge on any atom is -0.497 e. The van der Waals surface area contributed by atoms with Crippen molar-refractivity contribution >= 4 is 58.0 Å². The van der Waals surface area contributed by atoms with Crippen molar-refractivity contribution in [3.63, 3.8) is 0 Å². The topological polar surface area (TPSA) is 88.1 Å². The lowest BCUT2D eigenvalue weighted by atomic mass is 10.1. The molecule has 1 fully saturated rings. The van der Waals surface area contributed by atoms with Crippen molar-refractivity contribution in [1.29, 1.82) is 0 Å². The van der Waals surface area contributed by atoms with Crippen LogP contribution in [0.4, 0.5) is 16.2 Å². The Kier molecular flexibility index (Phi) is 5.31. The summed E-state index contributed by atoms with van der Waals surface area (Å²) >= 11 is 2.11. The highest BCUT2D eigenvalue weighted by atomic mass is 127. The van der Waals surface area contributed by atoms with E-state index >= 15 is 0 Å². The van der Waals surface area contributed by atoms with E-state index in [2.05, 4.69) is 32.9 Å². The number of halogens is 1. The van der Waals surface area contributed by atoms with Crippen LogP contribution in [0.2, 0.25) is 0 Å². The van der Waals surface area contributed by atoms with Crippen molar-refractivity contribution in [2.45, 2.75) is 0 Å². The zero-order chi connectivity index (χ0) is 18.7. The largest absolute Gasteiger partial charge is 0.497 e. The first kappa shape index (κ1) is 18.1. The standard InChI is InChI=1S/C18H14IN3O4/c1-26-12-6-4-5-11(9-12)22-17(24)13(16(23)21-18(22)25)10-20-15-8-3-2-7-14(15)19/h2-10,13H,1H3,(H,21,23,25)/t13-/m0/s1. The third-order valence-corrected chi connectivity index (χ3v) is 4.64. The van der Waals surface area contributed by atoms with Gasteiger partial charge in [0.15, 0.2) is 5.92 Å². The second-order valence-electron chi connectivity index (χ2n) is 5.38. The van der Waals surface area contributed by atoms with Gasteiger partial charge in [-0.1, -0.05) is 18.2 Å². The summed E-state index contributed by atoms with van der Waals surface area (Å²) in [6.07, 6.45) is 1.26. The van der Waals surface area contributed by atoms with E-state index in [1.54, 1.807) is 30.3 Å². The lowest BCUT2D eigenvalue weighted by Gasteiger charge is -2.28. The van der Waals surface area contributed by atoms with Crippen LogP contribution in [0.1, 0.15) is 0 Å². The predicted molar refractivity (Wildman–Crippen MR) is 105 cm³/mol. The smallest absolute Gasteiger partial charge is 0.335 e. The number of benzene rings is 2. The van der Waals surface area contributed by atoms with Gasteiger partial charge in [0.2, 0.25) is 5.91 Å². The molecule has 26 heavy (non-hydrogen) atoms. The molecule has 8 heteroatoms. The Morgan fingerprint density at radius 1 is 1.15 bits per heavy atom. The number of carbonyl (C=O) groups excluding carboxylic acids is 3. The van der Waals surface area contributed by atoms with Crippen LogP contribution in [-0.2, 0) is 9.59 Å². The van der Waals surface area contributed by atoms with E-state index in [-0.39, 0.29) is 0 Å². The molecule has 1 N–H and O–H groups in total. The van der Waals surface area contributed by atoms with Gasteiger partial charge in [-0.25, -0.2) is 9.69 Å². The van der Waals surface area contributed by atoms with Crippen LogP contribution >= 0.6 is 22.6 Å². The number of nitrogens with zero attached hydrogens (tertiary/aromatic N) is 2. The molecule has 1 atom stereocenters. The summed E-state index contributed by atoms with van der Waals surface area (Å²) in [4.78, 5) is 42.2. The van der Waals surface area contributed by atoms with E-state index in [0.29, 0.717) is 17.1 Å². The van der Waals surface area contributed by atoms with E-state index in [0.717, 1.165) is 8.47 Å². The van der Waals surface area contributed by atoms with Gasteiger partial charge in [-0.2, -0.15) is 0 Å². The van der Waals surface area contributed by atoms with Crippen LogP contribution in [0.5, 0.6) is 5.75 Å². The fourth-order valence-electron chi connectivity index (χ4n) is 2.43. The molecule has 0 aliphatic carbocycles. The molecule has 0 bridgehead atoms. The molecule has 7 nitrogen and oxygen atoms in total. The summed E-state index contributed by atoms with van der Waals surface area (Å²) in [5.74, 6) is -2.07. The quantitative estimate of drug-likeness (QED) is 0.429. The van der Waals surface area contributed by atoms with Gasteiger partial charge in [-0.3, -0.25) is 19.9 Å². The van der Waals surface area contributed by atoms with Crippen LogP contribution in [0.25, 0.3) is 0 Å². The number of hydrogen-bond acceptors (Lipinski definition) is 5. The third-order valence-electron chi connectivity index (χ3n) is 3.73. The molecule has 1 saturated heterocycles. The number of carbonyl (C=O) groups is 3. The first-order chi connectivity index (χ1) is 12.5. The van der Waals surface area contributed by atoms with Gasteiger partial charge in [0.25, 0.3) is 5.91 Å². The van der Waals surface area contributed by atoms with E-state index in [9.17, 15) is 14.4 Å². The summed E-state index contributed by atoms with van der Waals surface area (Å²) in [5.41, 5.74) is 0.950. The molecule has 3 rings (SSSR count). The summed E-state index contributed by atoms with van der Waals surface area (Å²) < 4.78 is 6.00. The van der Waals surface area contributed by atoms with Crippen LogP contribution in [0, 0.1) is 9.49 Å². The Bertz CT molecular complexity index is 913. The highest BCUT2D eigenvalue weighted by molar-refractivity contribution is 14.1. The maximum absolute atomic E-state index is 12.8. The number of imide groups is 2. The van der Waals surface area contributed by atoms with Gasteiger partial charge in [0, 0.05) is 15.9 Å². The summed E-state index contributed by atoms with van der Waals surface area (Å²) in [6.45, 7) is 0. The average molecular weight is 463 g/mol. The zero-order valence-electron chi connectivity index (χ0n) is 13.7. The van der Waals surface area contributed by atoms with Crippen LogP contribution in [-0.4, -0.2) is 31.2 Å². The van der Waals surface area contributed by atoms with E-state index in [1.165, 1.54) is 13.3 Å². The Labute approximate surface area is 163 Å². The highest BCUT2D eigenvalue weighted by Gasteiger charge is 2.40. The van der Waals surface area contributed by atoms with Crippen molar-refractivity contribution in [3.05, 3.63) is 52.1 Å². The number of amides is 4. The number of urea groups is 1. The molecular formula is C18H14IN3O4. The van der Waals surface area contributed by atoms with Gasteiger partial charge in [0.05, 0.1) is 18.5 Å². The SMILES string of the molecule is COc1cccc(N2C(=O)NC(=O)[C@H](C=Nc3ccccc3I)C2=O)c1. The predicted octanol–water partition coefficient (Wildman–Crippen LogP) is 2.90. The summed E-state index contributed by atoms with van der Waals surface area (Å²) in [5, 5.41) is 2.19. The molecule has 4 amide bonds. The van der Waals surface area contributed by atoms with Crippen LogP contribution < -0.4 is 15.0 Å². The number of nitrogens with one attached hydrogen (secondary N) is 1. The van der Waals surface area contributed by atoms with E-state index < -0.39 is 23.8 Å². The van der Waals surface area contributed by atoms with Crippen molar-refractivity contribution in [3.8, 4) is 5.75 Å². The van der Waals surface area contributed by atoms with Gasteiger partial charge < -0.3 is 4.74 Å². The molecule has 0 unspecified atom stereocenters. The molecular weight excluding hydrogens is 449 g/mol. The number of hydrogen-bond donors (Lipinski definition) is 1. The van der Waals surface area contributed by atoms with Gasteiger partial charge in [0.1, 0.15) is 5.75 Å². The number of para-hydroxylation sites is 1. The zero-order valence-corrected chi connectivity index (χ0v) is 15.8. The molecule has 1 heterocycles. The molecule has 1 aliphatic rings. The fourth-order valence-corrected chi connectivity index (χ4v) is 2.95. The first-order valence-electron chi connectivity index (χ1n) is 7.63. The minimum absolute atomic E-state index is 0.312. The van der Waals surface area contributed by atoms with Crippen molar-refractivity contribution < 1.29 is 19.1 Å². The van der Waals surface area contributed by atoms with Gasteiger partial charge in [-0.15, -0.1) is 0 Å². The third kappa shape index (κ3) is 3.59. The summed E-state index contributed by atoms with van der Waals surface area (Å²) in [6, 6.07) is 13.0. The number of aliphatic imine (C=N–C) groups is 1. The average Bonchev–Trinajstić information content (AvgIpc) is 2.63. The molecule has 1 aliphatic heterocycles. The normalized spacial score (nSPS) is 17.5. The number of rotatable bonds is 4. The lowest BCUT2D eigenvalue weighted by Crippen LogP contribution is -2.58. The Morgan fingerprint density at radius 3 is 2.65 bits per heavy atom. The van der Waals surface area contributed by atoms with E-state index in [4.69, 9.17) is 4.74 Å². The number of barbiturate groups is 1. The highest BCUT2D eigenvalue weighted by Crippen LogP contribution is 2.25. The first-order valence-corrected chi connectivity index (χ1v) is 8.70. The minimum atomic E-state index is -1.20. The lowest BCUT2D eigenvalue weighted by molar-refractivity contribution is -0.131. The fraction of sp³-hybridized carbons (Fsp3) is 0.111. The van der Waals surface area contributed by atoms with E-state index in [1.807, 2.05) is 18.2 Å². The summed E-state index contributed by atoms with van der Waals surface area (Å²) in [7, 11) is 1.48. The van der Waals surface area contributed by atoms with Gasteiger partial charge in [-0.05, 0) is 46.9 Å². The maximum atomic E-state index is 12.8. The van der Waals surface area contributed by atoms with Crippen molar-refractivity contribution in [2.75, 3.05) is 12.0 Å². The molecule has 0 radical (unpaired) electrons. The molecule has 2 aromatic rings. The monoisotopic (exact) mass is 463 g/mol. The second kappa shape index (κ2) is 7.65. The molecule has 0 aromatic heterocycles. The van der Waals surface area contributed by atoms with Crippen molar-refractivity contribution in [2.24, 2.45) is 10.9 Å². The molecule has 2 aromatic carbocycles.